The summed E-state index contributed by atoms with van der Waals surface area (Å²) < 4.78 is 0. The molecule has 1 rings (SSSR count). The Labute approximate surface area is 102 Å². The molecule has 0 saturated carbocycles. The molecular weight excluding hydrogens is 218 g/mol. The van der Waals surface area contributed by atoms with Gasteiger partial charge in [0.25, 0.3) is 0 Å². The van der Waals surface area contributed by atoms with Crippen molar-refractivity contribution in [2.75, 3.05) is 5.32 Å². The molecule has 0 bridgehead atoms. The number of quaternary nitrogens is 1. The topological polar surface area (TPSA) is 51.7 Å². The van der Waals surface area contributed by atoms with E-state index in [9.17, 15) is 0 Å². The largest absolute Gasteiger partial charge is 0.332 e. The third-order valence-electron chi connectivity index (χ3n) is 2.13. The van der Waals surface area contributed by atoms with Gasteiger partial charge in [0.2, 0.25) is 0 Å². The number of benzene rings is 1. The molecule has 0 amide bonds. The number of anilines is 1. The van der Waals surface area contributed by atoms with Gasteiger partial charge in [-0.3, -0.25) is 5.32 Å². The third kappa shape index (κ3) is 4.00. The van der Waals surface area contributed by atoms with E-state index < -0.39 is 0 Å². The fraction of sp³-hybridized carbons (Fsp3) is 0.250. The van der Waals surface area contributed by atoms with Crippen molar-refractivity contribution in [1.29, 1.82) is 0 Å². The molecule has 0 unspecified atom stereocenters. The second-order valence-corrected chi connectivity index (χ2v) is 4.37. The first-order valence-corrected chi connectivity index (χ1v) is 5.58. The van der Waals surface area contributed by atoms with E-state index in [2.05, 4.69) is 48.9 Å². The summed E-state index contributed by atoms with van der Waals surface area (Å²) in [5.41, 5.74) is 5.90. The van der Waals surface area contributed by atoms with Gasteiger partial charge in [-0.1, -0.05) is 26.0 Å². The SMILES string of the molecule is C=C([NH3+])NC(=S)Nc1ccc(C(C)C)cc1. The lowest BCUT2D eigenvalue weighted by Crippen LogP contribution is -2.55. The minimum absolute atomic E-state index is 0.511. The summed E-state index contributed by atoms with van der Waals surface area (Å²) in [4.78, 5) is 0. The Balaban J connectivity index is 2.62. The molecule has 16 heavy (non-hydrogen) atoms. The van der Waals surface area contributed by atoms with Crippen LogP contribution in [0.1, 0.15) is 25.3 Å². The van der Waals surface area contributed by atoms with E-state index in [4.69, 9.17) is 12.2 Å². The van der Waals surface area contributed by atoms with Gasteiger partial charge in [-0.15, -0.1) is 0 Å². The molecule has 4 heteroatoms. The molecule has 0 aliphatic heterocycles. The van der Waals surface area contributed by atoms with Crippen LogP contribution in [-0.4, -0.2) is 5.11 Å². The van der Waals surface area contributed by atoms with Crippen LogP contribution in [0.2, 0.25) is 0 Å². The molecule has 0 saturated heterocycles. The summed E-state index contributed by atoms with van der Waals surface area (Å²) in [6.45, 7) is 7.96. The van der Waals surface area contributed by atoms with E-state index in [1.165, 1.54) is 5.56 Å². The smallest absolute Gasteiger partial charge is 0.195 e. The average Bonchev–Trinajstić information content (AvgIpc) is 2.16. The second-order valence-electron chi connectivity index (χ2n) is 3.96. The number of hydrogen-bond acceptors (Lipinski definition) is 1. The average molecular weight is 236 g/mol. The van der Waals surface area contributed by atoms with Crippen LogP contribution in [0.25, 0.3) is 0 Å². The van der Waals surface area contributed by atoms with Crippen LogP contribution in [0, 0.1) is 0 Å². The van der Waals surface area contributed by atoms with Gasteiger partial charge in [0.1, 0.15) is 0 Å². The van der Waals surface area contributed by atoms with E-state index in [-0.39, 0.29) is 0 Å². The van der Waals surface area contributed by atoms with Crippen molar-refractivity contribution in [2.45, 2.75) is 19.8 Å². The molecular formula is C12H18N3S+. The Bertz CT molecular complexity index is 382. The zero-order chi connectivity index (χ0) is 12.1. The van der Waals surface area contributed by atoms with E-state index in [1.807, 2.05) is 12.1 Å². The maximum atomic E-state index is 5.07. The molecule has 0 fully saturated rings. The van der Waals surface area contributed by atoms with Crippen LogP contribution < -0.4 is 16.4 Å². The van der Waals surface area contributed by atoms with E-state index in [0.29, 0.717) is 16.9 Å². The third-order valence-corrected chi connectivity index (χ3v) is 2.33. The first-order chi connectivity index (χ1) is 7.49. The lowest BCUT2D eigenvalue weighted by molar-refractivity contribution is -0.307. The van der Waals surface area contributed by atoms with Crippen molar-refractivity contribution in [2.24, 2.45) is 0 Å². The van der Waals surface area contributed by atoms with Crippen LogP contribution >= 0.6 is 12.2 Å². The molecule has 0 radical (unpaired) electrons. The van der Waals surface area contributed by atoms with Crippen LogP contribution in [0.3, 0.4) is 0 Å². The fourth-order valence-electron chi connectivity index (χ4n) is 1.27. The highest BCUT2D eigenvalue weighted by Gasteiger charge is 2.01. The summed E-state index contributed by atoms with van der Waals surface area (Å²) in [6, 6.07) is 8.20. The number of hydrogen-bond donors (Lipinski definition) is 3. The van der Waals surface area contributed by atoms with E-state index in [1.54, 1.807) is 0 Å². The van der Waals surface area contributed by atoms with Crippen molar-refractivity contribution < 1.29 is 5.73 Å². The summed E-state index contributed by atoms with van der Waals surface area (Å²) >= 11 is 5.07. The van der Waals surface area contributed by atoms with Crippen molar-refractivity contribution in [1.82, 2.24) is 5.32 Å². The highest BCUT2D eigenvalue weighted by atomic mass is 32.1. The maximum Gasteiger partial charge on any atom is 0.195 e. The van der Waals surface area contributed by atoms with Gasteiger partial charge in [-0.05, 0) is 42.4 Å². The van der Waals surface area contributed by atoms with Gasteiger partial charge in [0.05, 0.1) is 0 Å². The molecule has 1 aromatic rings. The van der Waals surface area contributed by atoms with Gasteiger partial charge in [0.15, 0.2) is 10.9 Å². The molecule has 0 spiro atoms. The number of rotatable bonds is 3. The van der Waals surface area contributed by atoms with Crippen LogP contribution in [-0.2, 0) is 0 Å². The molecule has 0 heterocycles. The van der Waals surface area contributed by atoms with Crippen molar-refractivity contribution in [3.63, 3.8) is 0 Å². The Hall–Kier alpha value is -1.39. The molecule has 5 N–H and O–H groups in total. The summed E-state index contributed by atoms with van der Waals surface area (Å²) in [5.74, 6) is 1.12. The van der Waals surface area contributed by atoms with E-state index >= 15 is 0 Å². The molecule has 0 aliphatic carbocycles. The Morgan fingerprint density at radius 1 is 1.31 bits per heavy atom. The first kappa shape index (κ1) is 12.7. The van der Waals surface area contributed by atoms with Gasteiger partial charge in [-0.25, -0.2) is 0 Å². The normalized spacial score (nSPS) is 10.0. The van der Waals surface area contributed by atoms with Crippen molar-refractivity contribution >= 4 is 23.0 Å². The second kappa shape index (κ2) is 5.63. The van der Waals surface area contributed by atoms with Crippen LogP contribution in [0.15, 0.2) is 36.7 Å². The highest BCUT2D eigenvalue weighted by Crippen LogP contribution is 2.16. The minimum atomic E-state index is 0.511. The van der Waals surface area contributed by atoms with Gasteiger partial charge >= 0.3 is 0 Å². The minimum Gasteiger partial charge on any atom is -0.332 e. The predicted octanol–water partition coefficient (Wildman–Crippen LogP) is 1.81. The molecule has 0 atom stereocenters. The zero-order valence-electron chi connectivity index (χ0n) is 9.71. The van der Waals surface area contributed by atoms with Gasteiger partial charge < -0.3 is 11.1 Å². The molecule has 0 aromatic heterocycles. The first-order valence-electron chi connectivity index (χ1n) is 5.18. The van der Waals surface area contributed by atoms with Gasteiger partial charge in [0, 0.05) is 5.69 Å². The molecule has 86 valence electrons. The monoisotopic (exact) mass is 236 g/mol. The summed E-state index contributed by atoms with van der Waals surface area (Å²) in [6.07, 6.45) is 0. The lowest BCUT2D eigenvalue weighted by atomic mass is 10.0. The van der Waals surface area contributed by atoms with Crippen molar-refractivity contribution in [3.05, 3.63) is 42.2 Å². The maximum absolute atomic E-state index is 5.07. The number of thiocarbonyl (C=S) groups is 1. The van der Waals surface area contributed by atoms with Crippen LogP contribution in [0.4, 0.5) is 5.69 Å². The number of nitrogens with one attached hydrogen (secondary N) is 2. The van der Waals surface area contributed by atoms with E-state index in [0.717, 1.165) is 5.69 Å². The molecule has 1 aromatic carbocycles. The predicted molar refractivity (Wildman–Crippen MR) is 71.9 cm³/mol. The van der Waals surface area contributed by atoms with Gasteiger partial charge in [-0.2, -0.15) is 0 Å². The Morgan fingerprint density at radius 3 is 2.31 bits per heavy atom. The molecule has 3 nitrogen and oxygen atoms in total. The fourth-order valence-corrected chi connectivity index (χ4v) is 1.54. The summed E-state index contributed by atoms with van der Waals surface area (Å²) in [5, 5.41) is 6.41. The van der Waals surface area contributed by atoms with Crippen molar-refractivity contribution in [3.8, 4) is 0 Å². The Morgan fingerprint density at radius 2 is 1.88 bits per heavy atom. The lowest BCUT2D eigenvalue weighted by Gasteiger charge is -2.10. The molecule has 0 aliphatic rings. The zero-order valence-corrected chi connectivity index (χ0v) is 10.5. The quantitative estimate of drug-likeness (QED) is 0.702. The summed E-state index contributed by atoms with van der Waals surface area (Å²) in [7, 11) is 0. The standard InChI is InChI=1S/C12H17N3S/c1-8(2)10-4-6-11(7-5-10)15-12(16)14-9(3)13/h4-8H,3,13H2,1-2H3,(H2,14,15,16)/p+1. The Kier molecular flexibility index (Phi) is 4.46. The highest BCUT2D eigenvalue weighted by molar-refractivity contribution is 7.80. The van der Waals surface area contributed by atoms with Crippen LogP contribution in [0.5, 0.6) is 0 Å².